The van der Waals surface area contributed by atoms with Gasteiger partial charge in [-0.15, -0.1) is 0 Å². The van der Waals surface area contributed by atoms with Crippen LogP contribution in [0.25, 0.3) is 0 Å². The van der Waals surface area contributed by atoms with E-state index in [1.807, 2.05) is 0 Å². The number of aldehydes is 1. The molecule has 0 saturated heterocycles. The molecule has 78 valence electrons. The van der Waals surface area contributed by atoms with E-state index in [4.69, 9.17) is 9.79 Å². The number of rotatable bonds is 4. The molecule has 0 spiro atoms. The van der Waals surface area contributed by atoms with Crippen molar-refractivity contribution in [3.8, 4) is 0 Å². The van der Waals surface area contributed by atoms with Gasteiger partial charge in [-0.1, -0.05) is 0 Å². The molecule has 0 amide bonds. The average molecular weight is 222 g/mol. The maximum Gasteiger partial charge on any atom is 0.469 e. The van der Waals surface area contributed by atoms with Crippen LogP contribution in [0.1, 0.15) is 0 Å². The Morgan fingerprint density at radius 2 is 2.21 bits per heavy atom. The second-order valence-corrected chi connectivity index (χ2v) is 3.71. The Kier molecular flexibility index (Phi) is 3.17. The van der Waals surface area contributed by atoms with Crippen molar-refractivity contribution in [2.24, 2.45) is 0 Å². The number of phosphoric acid groups is 1. The summed E-state index contributed by atoms with van der Waals surface area (Å²) < 4.78 is 18.9. The molecule has 0 fully saturated rings. The van der Waals surface area contributed by atoms with Crippen molar-refractivity contribution in [1.29, 1.82) is 0 Å². The van der Waals surface area contributed by atoms with Crippen LogP contribution in [0.15, 0.2) is 11.1 Å². The Hall–Kier alpha value is -1.01. The quantitative estimate of drug-likeness (QED) is 0.276. The van der Waals surface area contributed by atoms with Gasteiger partial charge in [0, 0.05) is 5.57 Å². The number of hydrogen-bond acceptors (Lipinski definition) is 5. The summed E-state index contributed by atoms with van der Waals surface area (Å²) in [5.41, 5.74) is -0.105. The molecule has 1 aliphatic heterocycles. The molecule has 0 bridgehead atoms. The highest BCUT2D eigenvalue weighted by Crippen LogP contribution is 2.36. The van der Waals surface area contributed by atoms with Crippen LogP contribution in [0.3, 0.4) is 0 Å². The first-order valence-corrected chi connectivity index (χ1v) is 5.01. The van der Waals surface area contributed by atoms with Gasteiger partial charge in [-0.2, -0.15) is 0 Å². The zero-order chi connectivity index (χ0) is 10.8. The van der Waals surface area contributed by atoms with Gasteiger partial charge >= 0.3 is 13.8 Å². The van der Waals surface area contributed by atoms with Crippen molar-refractivity contribution in [3.63, 3.8) is 0 Å². The molecule has 1 rings (SSSR count). The highest BCUT2D eigenvalue weighted by molar-refractivity contribution is 7.46. The topological polar surface area (TPSA) is 110 Å². The van der Waals surface area contributed by atoms with Crippen LogP contribution in [0.4, 0.5) is 0 Å². The van der Waals surface area contributed by atoms with Crippen LogP contribution in [0, 0.1) is 0 Å². The minimum atomic E-state index is -4.59. The largest absolute Gasteiger partial charge is 0.469 e. The van der Waals surface area contributed by atoms with Crippen LogP contribution in [-0.2, 0) is 23.4 Å². The molecule has 14 heavy (non-hydrogen) atoms. The standard InChI is InChI=1S/C6H7O7P/c7-1-5-4(2-12-6(5)8)3-13-14(9,10)11/h1H,2-3H2,(H2,9,10,11). The second-order valence-electron chi connectivity index (χ2n) is 2.48. The average Bonchev–Trinajstić information content (AvgIpc) is 2.41. The number of carbonyl (C=O) groups excluding carboxylic acids is 2. The lowest BCUT2D eigenvalue weighted by atomic mass is 10.2. The minimum absolute atomic E-state index is 0.133. The van der Waals surface area contributed by atoms with E-state index in [9.17, 15) is 14.2 Å². The van der Waals surface area contributed by atoms with E-state index >= 15 is 0 Å². The Labute approximate surface area is 78.6 Å². The molecule has 0 radical (unpaired) electrons. The summed E-state index contributed by atoms with van der Waals surface area (Å²) >= 11 is 0. The lowest BCUT2D eigenvalue weighted by molar-refractivity contribution is -0.136. The van der Waals surface area contributed by atoms with Crippen molar-refractivity contribution in [3.05, 3.63) is 11.1 Å². The van der Waals surface area contributed by atoms with Crippen molar-refractivity contribution >= 4 is 20.1 Å². The zero-order valence-corrected chi connectivity index (χ0v) is 7.77. The summed E-state index contributed by atoms with van der Waals surface area (Å²) in [5.74, 6) is -0.802. The number of ether oxygens (including phenoxy) is 1. The van der Waals surface area contributed by atoms with Gasteiger partial charge in [-0.05, 0) is 0 Å². The van der Waals surface area contributed by atoms with E-state index in [1.165, 1.54) is 0 Å². The molecule has 0 atom stereocenters. The van der Waals surface area contributed by atoms with Gasteiger partial charge in [-0.25, -0.2) is 9.36 Å². The molecule has 0 aromatic heterocycles. The summed E-state index contributed by atoms with van der Waals surface area (Å²) in [7, 11) is -4.59. The SMILES string of the molecule is O=CC1=C(COP(=O)(O)O)COC1=O. The van der Waals surface area contributed by atoms with Gasteiger partial charge in [0.1, 0.15) is 12.2 Å². The number of phosphoric ester groups is 1. The molecule has 8 heteroatoms. The van der Waals surface area contributed by atoms with E-state index in [2.05, 4.69) is 9.26 Å². The molecule has 0 unspecified atom stereocenters. The molecule has 2 N–H and O–H groups in total. The van der Waals surface area contributed by atoms with Gasteiger partial charge in [0.15, 0.2) is 6.29 Å². The van der Waals surface area contributed by atoms with Crippen molar-refractivity contribution in [1.82, 2.24) is 0 Å². The van der Waals surface area contributed by atoms with Gasteiger partial charge < -0.3 is 14.5 Å². The van der Waals surface area contributed by atoms with Gasteiger partial charge in [0.25, 0.3) is 0 Å². The first-order chi connectivity index (χ1) is 6.44. The van der Waals surface area contributed by atoms with Crippen LogP contribution in [0.2, 0.25) is 0 Å². The van der Waals surface area contributed by atoms with Crippen molar-refractivity contribution in [2.45, 2.75) is 0 Å². The second kappa shape index (κ2) is 4.02. The Morgan fingerprint density at radius 1 is 1.57 bits per heavy atom. The third kappa shape index (κ3) is 2.74. The van der Waals surface area contributed by atoms with Gasteiger partial charge in [0.2, 0.25) is 0 Å². The molecule has 0 saturated carbocycles. The highest BCUT2D eigenvalue weighted by Gasteiger charge is 2.26. The van der Waals surface area contributed by atoms with Gasteiger partial charge in [0.05, 0.1) is 6.61 Å². The number of esters is 1. The van der Waals surface area contributed by atoms with Gasteiger partial charge in [-0.3, -0.25) is 9.32 Å². The molecule has 0 aromatic carbocycles. The van der Waals surface area contributed by atoms with E-state index in [-0.39, 0.29) is 24.0 Å². The fourth-order valence-electron chi connectivity index (χ4n) is 0.865. The lowest BCUT2D eigenvalue weighted by Gasteiger charge is -2.04. The maximum absolute atomic E-state index is 10.8. The number of carbonyl (C=O) groups is 2. The molecule has 1 aliphatic rings. The van der Waals surface area contributed by atoms with E-state index in [0.29, 0.717) is 0 Å². The summed E-state index contributed by atoms with van der Waals surface area (Å²) in [4.78, 5) is 37.8. The van der Waals surface area contributed by atoms with E-state index in [1.54, 1.807) is 0 Å². The van der Waals surface area contributed by atoms with Crippen LogP contribution in [0.5, 0.6) is 0 Å². The zero-order valence-electron chi connectivity index (χ0n) is 6.87. The molecule has 7 nitrogen and oxygen atoms in total. The lowest BCUT2D eigenvalue weighted by Crippen LogP contribution is -2.01. The Bertz CT molecular complexity index is 338. The third-order valence-electron chi connectivity index (χ3n) is 1.50. The summed E-state index contributed by atoms with van der Waals surface area (Å²) in [6.45, 7) is -0.670. The minimum Gasteiger partial charge on any atom is -0.457 e. The molecular weight excluding hydrogens is 215 g/mol. The highest BCUT2D eigenvalue weighted by atomic mass is 31.2. The monoisotopic (exact) mass is 222 g/mol. The summed E-state index contributed by atoms with van der Waals surface area (Å²) in [6, 6.07) is 0. The summed E-state index contributed by atoms with van der Waals surface area (Å²) in [5, 5.41) is 0. The fraction of sp³-hybridized carbons (Fsp3) is 0.333. The first kappa shape index (κ1) is 11.1. The first-order valence-electron chi connectivity index (χ1n) is 3.48. The normalized spacial score (nSPS) is 17.1. The molecule has 0 aliphatic carbocycles. The molecular formula is C6H7O7P. The van der Waals surface area contributed by atoms with Crippen LogP contribution < -0.4 is 0 Å². The van der Waals surface area contributed by atoms with Crippen LogP contribution in [-0.4, -0.2) is 35.3 Å². The van der Waals surface area contributed by atoms with Crippen molar-refractivity contribution < 1.29 is 33.2 Å². The fourth-order valence-corrected chi connectivity index (χ4v) is 1.19. The third-order valence-corrected chi connectivity index (χ3v) is 1.97. The summed E-state index contributed by atoms with van der Waals surface area (Å²) in [6.07, 6.45) is 0.272. The smallest absolute Gasteiger partial charge is 0.457 e. The van der Waals surface area contributed by atoms with Crippen LogP contribution >= 0.6 is 7.82 Å². The molecule has 0 aromatic rings. The molecule has 1 heterocycles. The van der Waals surface area contributed by atoms with E-state index in [0.717, 1.165) is 0 Å². The predicted octanol–water partition coefficient (Wildman–Crippen LogP) is -0.852. The Balaban J connectivity index is 2.69. The Morgan fingerprint density at radius 3 is 2.71 bits per heavy atom. The number of cyclic esters (lactones) is 1. The predicted molar refractivity (Wildman–Crippen MR) is 42.0 cm³/mol. The maximum atomic E-state index is 10.8. The number of hydrogen-bond donors (Lipinski definition) is 2. The van der Waals surface area contributed by atoms with E-state index < -0.39 is 20.4 Å². The van der Waals surface area contributed by atoms with Crippen molar-refractivity contribution in [2.75, 3.05) is 13.2 Å².